The summed E-state index contributed by atoms with van der Waals surface area (Å²) in [7, 11) is -1.29. The highest BCUT2D eigenvalue weighted by Crippen LogP contribution is 2.29. The zero-order valence-corrected chi connectivity index (χ0v) is 18.0. The smallest absolute Gasteiger partial charge is 0.159 e. The minimum atomic E-state index is -3.20. The topological polar surface area (TPSA) is 118 Å². The van der Waals surface area contributed by atoms with Gasteiger partial charge in [0.2, 0.25) is 0 Å². The summed E-state index contributed by atoms with van der Waals surface area (Å²) in [6, 6.07) is 9.95. The molecule has 0 spiro atoms. The van der Waals surface area contributed by atoms with Crippen LogP contribution in [0.4, 0.5) is 23.0 Å². The third-order valence-corrected chi connectivity index (χ3v) is 5.77. The number of benzene rings is 1. The van der Waals surface area contributed by atoms with E-state index in [2.05, 4.69) is 20.7 Å². The molecule has 160 valence electrons. The van der Waals surface area contributed by atoms with Crippen LogP contribution in [-0.4, -0.2) is 55.5 Å². The first-order chi connectivity index (χ1) is 14.3. The van der Waals surface area contributed by atoms with Gasteiger partial charge in [0, 0.05) is 55.9 Å². The number of anilines is 4. The van der Waals surface area contributed by atoms with Crippen molar-refractivity contribution >= 4 is 38.5 Å². The maximum atomic E-state index is 12.0. The van der Waals surface area contributed by atoms with Crippen LogP contribution in [0.3, 0.4) is 0 Å². The van der Waals surface area contributed by atoms with E-state index in [1.165, 1.54) is 6.26 Å². The van der Waals surface area contributed by atoms with Crippen LogP contribution in [0.1, 0.15) is 18.4 Å². The van der Waals surface area contributed by atoms with Crippen molar-refractivity contribution in [3.8, 4) is 0 Å². The lowest BCUT2D eigenvalue weighted by atomic mass is 10.1. The predicted octanol–water partition coefficient (Wildman–Crippen LogP) is 1.99. The molecule has 0 aliphatic heterocycles. The molecule has 2 heterocycles. The number of aromatic nitrogens is 3. The average molecular weight is 430 g/mol. The minimum absolute atomic E-state index is 0.0453. The Hall–Kier alpha value is -2.85. The molecular weight excluding hydrogens is 402 g/mol. The van der Waals surface area contributed by atoms with Gasteiger partial charge < -0.3 is 21.3 Å². The molecule has 0 bridgehead atoms. The van der Waals surface area contributed by atoms with E-state index in [1.807, 2.05) is 42.3 Å². The fraction of sp³-hybridized carbons (Fsp3) is 0.400. The van der Waals surface area contributed by atoms with Gasteiger partial charge in [0.15, 0.2) is 15.5 Å². The van der Waals surface area contributed by atoms with Gasteiger partial charge in [0.05, 0.1) is 11.9 Å². The summed E-state index contributed by atoms with van der Waals surface area (Å²) in [5, 5.41) is 11.1. The third kappa shape index (κ3) is 4.82. The van der Waals surface area contributed by atoms with Crippen LogP contribution in [0.25, 0.3) is 5.65 Å². The molecule has 2 aromatic heterocycles. The lowest BCUT2D eigenvalue weighted by molar-refractivity contribution is 0.601. The highest BCUT2D eigenvalue weighted by atomic mass is 32.2. The van der Waals surface area contributed by atoms with Crippen LogP contribution in [0.15, 0.2) is 36.5 Å². The van der Waals surface area contributed by atoms with Crippen molar-refractivity contribution < 1.29 is 8.42 Å². The molecular formula is C20H27N7O2S. The number of nitrogens with zero attached hydrogens (tertiary/aromatic N) is 4. The number of hydrogen-bond donors (Lipinski definition) is 3. The second kappa shape index (κ2) is 8.11. The monoisotopic (exact) mass is 429 g/mol. The van der Waals surface area contributed by atoms with Gasteiger partial charge >= 0.3 is 0 Å². The maximum Gasteiger partial charge on any atom is 0.159 e. The zero-order valence-electron chi connectivity index (χ0n) is 17.2. The van der Waals surface area contributed by atoms with Gasteiger partial charge in [0.1, 0.15) is 11.6 Å². The molecule has 0 amide bonds. The molecule has 0 atom stereocenters. The molecule has 0 radical (unpaired) electrons. The van der Waals surface area contributed by atoms with Gasteiger partial charge in [-0.25, -0.2) is 13.4 Å². The molecule has 0 saturated heterocycles. The van der Waals surface area contributed by atoms with Gasteiger partial charge in [-0.15, -0.1) is 0 Å². The van der Waals surface area contributed by atoms with Crippen LogP contribution >= 0.6 is 0 Å². The summed E-state index contributed by atoms with van der Waals surface area (Å²) in [5.74, 6) is 1.50. The Morgan fingerprint density at radius 1 is 1.27 bits per heavy atom. The van der Waals surface area contributed by atoms with Crippen LogP contribution in [0.2, 0.25) is 0 Å². The van der Waals surface area contributed by atoms with Crippen molar-refractivity contribution in [2.75, 3.05) is 41.9 Å². The summed E-state index contributed by atoms with van der Waals surface area (Å²) in [5.41, 5.74) is 8.75. The van der Waals surface area contributed by atoms with E-state index in [4.69, 9.17) is 5.73 Å². The fourth-order valence-electron chi connectivity index (χ4n) is 3.41. The highest BCUT2D eigenvalue weighted by Gasteiger charge is 2.22. The van der Waals surface area contributed by atoms with E-state index in [1.54, 1.807) is 10.7 Å². The standard InChI is InChI=1S/C20H27N7O2S/c1-26(10-8-21)17-6-5-16(11-14(17)13-30(2,28)29)23-18-12-20(24-15-3-4-15)27-19(25-18)7-9-22-27/h5-7,9,11-12,15,24H,3-4,8,10,13,21H2,1-2H3,(H,23,25). The van der Waals surface area contributed by atoms with Gasteiger partial charge in [-0.1, -0.05) is 0 Å². The van der Waals surface area contributed by atoms with Gasteiger partial charge in [-0.2, -0.15) is 9.61 Å². The molecule has 3 aromatic rings. The predicted molar refractivity (Wildman–Crippen MR) is 120 cm³/mol. The molecule has 4 rings (SSSR count). The van der Waals surface area contributed by atoms with E-state index in [0.29, 0.717) is 24.9 Å². The molecule has 1 saturated carbocycles. The van der Waals surface area contributed by atoms with Crippen LogP contribution in [-0.2, 0) is 15.6 Å². The summed E-state index contributed by atoms with van der Waals surface area (Å²) < 4.78 is 25.7. The number of hydrogen-bond acceptors (Lipinski definition) is 8. The van der Waals surface area contributed by atoms with Gasteiger partial charge in [0.25, 0.3) is 0 Å². The molecule has 0 unspecified atom stereocenters. The number of rotatable bonds is 9. The fourth-order valence-corrected chi connectivity index (χ4v) is 4.21. The maximum absolute atomic E-state index is 12.0. The van der Waals surface area contributed by atoms with E-state index in [9.17, 15) is 8.42 Å². The molecule has 1 aliphatic rings. The second-order valence-electron chi connectivity index (χ2n) is 7.80. The van der Waals surface area contributed by atoms with Crippen molar-refractivity contribution in [2.45, 2.75) is 24.6 Å². The van der Waals surface area contributed by atoms with Gasteiger partial charge in [-0.05, 0) is 36.6 Å². The second-order valence-corrected chi connectivity index (χ2v) is 9.94. The first-order valence-electron chi connectivity index (χ1n) is 9.92. The van der Waals surface area contributed by atoms with Gasteiger partial charge in [-0.3, -0.25) is 0 Å². The largest absolute Gasteiger partial charge is 0.373 e. The molecule has 4 N–H and O–H groups in total. The van der Waals surface area contributed by atoms with Crippen molar-refractivity contribution in [2.24, 2.45) is 5.73 Å². The van der Waals surface area contributed by atoms with Crippen molar-refractivity contribution in [3.05, 3.63) is 42.1 Å². The molecule has 10 heteroatoms. The normalized spacial score (nSPS) is 14.1. The van der Waals surface area contributed by atoms with Crippen LogP contribution in [0.5, 0.6) is 0 Å². The first kappa shape index (κ1) is 20.4. The quantitative estimate of drug-likeness (QED) is 0.473. The summed E-state index contributed by atoms with van der Waals surface area (Å²) in [6.45, 7) is 1.13. The summed E-state index contributed by atoms with van der Waals surface area (Å²) >= 11 is 0. The van der Waals surface area contributed by atoms with E-state index in [-0.39, 0.29) is 5.75 Å². The number of fused-ring (bicyclic) bond motifs is 1. The van der Waals surface area contributed by atoms with E-state index < -0.39 is 9.84 Å². The molecule has 1 aliphatic carbocycles. The number of likely N-dealkylation sites (N-methyl/N-ethyl adjacent to an activating group) is 1. The Morgan fingerprint density at radius 2 is 2.07 bits per heavy atom. The third-order valence-electron chi connectivity index (χ3n) is 4.93. The summed E-state index contributed by atoms with van der Waals surface area (Å²) in [6.07, 6.45) is 5.27. The number of nitrogens with two attached hydrogens (primary N) is 1. The zero-order chi connectivity index (χ0) is 21.3. The number of nitrogens with one attached hydrogen (secondary N) is 2. The Bertz CT molecular complexity index is 1160. The van der Waals surface area contributed by atoms with E-state index in [0.717, 1.165) is 41.2 Å². The summed E-state index contributed by atoms with van der Waals surface area (Å²) in [4.78, 5) is 6.59. The molecule has 9 nitrogen and oxygen atoms in total. The van der Waals surface area contributed by atoms with Crippen molar-refractivity contribution in [1.82, 2.24) is 14.6 Å². The average Bonchev–Trinajstić information content (AvgIpc) is 3.34. The Balaban J connectivity index is 1.66. The Labute approximate surface area is 176 Å². The highest BCUT2D eigenvalue weighted by molar-refractivity contribution is 7.89. The Morgan fingerprint density at radius 3 is 2.77 bits per heavy atom. The van der Waals surface area contributed by atoms with Crippen molar-refractivity contribution in [1.29, 1.82) is 0 Å². The Kier molecular flexibility index (Phi) is 5.52. The molecule has 1 fully saturated rings. The lowest BCUT2D eigenvalue weighted by Gasteiger charge is -2.22. The SMILES string of the molecule is CN(CCN)c1ccc(Nc2cc(NC3CC3)n3nccc3n2)cc1CS(C)(=O)=O. The first-order valence-corrected chi connectivity index (χ1v) is 12.0. The van der Waals surface area contributed by atoms with Crippen molar-refractivity contribution in [3.63, 3.8) is 0 Å². The van der Waals surface area contributed by atoms with Crippen LogP contribution < -0.4 is 21.3 Å². The molecule has 1 aromatic carbocycles. The lowest BCUT2D eigenvalue weighted by Crippen LogP contribution is -2.26. The minimum Gasteiger partial charge on any atom is -0.373 e. The molecule has 30 heavy (non-hydrogen) atoms. The number of sulfone groups is 1. The van der Waals surface area contributed by atoms with Crippen LogP contribution in [0, 0.1) is 0 Å². The van der Waals surface area contributed by atoms with E-state index >= 15 is 0 Å².